The van der Waals surface area contributed by atoms with Crippen molar-refractivity contribution in [3.8, 4) is 0 Å². The van der Waals surface area contributed by atoms with Crippen molar-refractivity contribution in [2.75, 3.05) is 33.2 Å². The van der Waals surface area contributed by atoms with Crippen LogP contribution in [-0.2, 0) is 0 Å². The summed E-state index contributed by atoms with van der Waals surface area (Å²) in [5.41, 5.74) is 1.61. The van der Waals surface area contributed by atoms with E-state index in [1.807, 2.05) is 30.0 Å². The van der Waals surface area contributed by atoms with Gasteiger partial charge in [0.05, 0.1) is 10.6 Å². The van der Waals surface area contributed by atoms with Crippen molar-refractivity contribution in [2.24, 2.45) is 11.8 Å². The quantitative estimate of drug-likeness (QED) is 0.787. The van der Waals surface area contributed by atoms with Crippen LogP contribution < -0.4 is 0 Å². The van der Waals surface area contributed by atoms with E-state index in [2.05, 4.69) is 11.9 Å². The molecule has 2 aliphatic heterocycles. The first-order chi connectivity index (χ1) is 9.06. The second kappa shape index (κ2) is 4.80. The molecule has 0 radical (unpaired) electrons. The lowest BCUT2D eigenvalue weighted by Gasteiger charge is -2.20. The molecule has 0 aliphatic carbocycles. The average Bonchev–Trinajstić information content (AvgIpc) is 2.89. The van der Waals surface area contributed by atoms with Crippen LogP contribution in [0, 0.1) is 18.8 Å². The summed E-state index contributed by atoms with van der Waals surface area (Å²) in [6, 6.07) is 5.67. The van der Waals surface area contributed by atoms with Crippen molar-refractivity contribution < 1.29 is 4.79 Å². The molecule has 3 nitrogen and oxygen atoms in total. The van der Waals surface area contributed by atoms with Crippen molar-refractivity contribution in [2.45, 2.75) is 6.92 Å². The molecule has 0 saturated carbocycles. The Morgan fingerprint density at radius 3 is 2.47 bits per heavy atom. The number of aryl methyl sites for hydroxylation is 1. The molecule has 2 heterocycles. The zero-order chi connectivity index (χ0) is 13.6. The summed E-state index contributed by atoms with van der Waals surface area (Å²) in [7, 11) is 2.15. The maximum absolute atomic E-state index is 12.6. The largest absolute Gasteiger partial charge is 0.338 e. The van der Waals surface area contributed by atoms with Gasteiger partial charge in [0.15, 0.2) is 0 Å². The van der Waals surface area contributed by atoms with Gasteiger partial charge >= 0.3 is 0 Å². The van der Waals surface area contributed by atoms with Gasteiger partial charge in [-0.2, -0.15) is 0 Å². The highest BCUT2D eigenvalue weighted by molar-refractivity contribution is 6.34. The number of nitrogens with zero attached hydrogens (tertiary/aromatic N) is 2. The molecule has 0 unspecified atom stereocenters. The lowest BCUT2D eigenvalue weighted by atomic mass is 10.0. The van der Waals surface area contributed by atoms with Gasteiger partial charge in [-0.05, 0) is 37.4 Å². The van der Waals surface area contributed by atoms with E-state index in [1.165, 1.54) is 0 Å². The summed E-state index contributed by atoms with van der Waals surface area (Å²) in [6.45, 7) is 5.90. The summed E-state index contributed by atoms with van der Waals surface area (Å²) in [5.74, 6) is 1.36. The normalized spacial score (nSPS) is 26.8. The summed E-state index contributed by atoms with van der Waals surface area (Å²) in [5, 5.41) is 0.599. The Labute approximate surface area is 119 Å². The Morgan fingerprint density at radius 1 is 1.21 bits per heavy atom. The van der Waals surface area contributed by atoms with E-state index in [0.717, 1.165) is 31.7 Å². The monoisotopic (exact) mass is 278 g/mol. The number of halogens is 1. The zero-order valence-corrected chi connectivity index (χ0v) is 12.2. The van der Waals surface area contributed by atoms with E-state index < -0.39 is 0 Å². The Morgan fingerprint density at radius 2 is 1.84 bits per heavy atom. The minimum atomic E-state index is 0.0887. The molecule has 0 spiro atoms. The summed E-state index contributed by atoms with van der Waals surface area (Å²) >= 11 is 6.25. The van der Waals surface area contributed by atoms with E-state index in [1.54, 1.807) is 0 Å². The SMILES string of the molecule is Cc1cccc(C(=O)N2C[C@H]3CN(C)C[C@H]3C2)c1Cl. The predicted molar refractivity (Wildman–Crippen MR) is 76.6 cm³/mol. The number of hydrogen-bond donors (Lipinski definition) is 0. The highest BCUT2D eigenvalue weighted by atomic mass is 35.5. The van der Waals surface area contributed by atoms with Gasteiger partial charge in [-0.1, -0.05) is 23.7 Å². The standard InChI is InChI=1S/C15H19ClN2O/c1-10-4-3-5-13(14(10)16)15(19)18-8-11-6-17(2)7-12(11)9-18/h3-5,11-12H,6-9H2,1-2H3/t11-,12+. The van der Waals surface area contributed by atoms with Gasteiger partial charge in [0.1, 0.15) is 0 Å². The molecule has 19 heavy (non-hydrogen) atoms. The lowest BCUT2D eigenvalue weighted by molar-refractivity contribution is 0.0776. The molecule has 2 fully saturated rings. The van der Waals surface area contributed by atoms with Crippen LogP contribution in [0.3, 0.4) is 0 Å². The van der Waals surface area contributed by atoms with Gasteiger partial charge in [-0.25, -0.2) is 0 Å². The first-order valence-electron chi connectivity index (χ1n) is 6.79. The fraction of sp³-hybridized carbons (Fsp3) is 0.533. The molecular formula is C15H19ClN2O. The van der Waals surface area contributed by atoms with Crippen LogP contribution in [0.15, 0.2) is 18.2 Å². The highest BCUT2D eigenvalue weighted by Gasteiger charge is 2.40. The molecule has 2 aliphatic rings. The van der Waals surface area contributed by atoms with Gasteiger partial charge in [-0.15, -0.1) is 0 Å². The number of rotatable bonds is 1. The number of carbonyl (C=O) groups excluding carboxylic acids is 1. The lowest BCUT2D eigenvalue weighted by Crippen LogP contribution is -2.32. The minimum absolute atomic E-state index is 0.0887. The number of likely N-dealkylation sites (tertiary alicyclic amines) is 2. The van der Waals surface area contributed by atoms with Crippen molar-refractivity contribution in [1.82, 2.24) is 9.80 Å². The van der Waals surface area contributed by atoms with E-state index in [4.69, 9.17) is 11.6 Å². The summed E-state index contributed by atoms with van der Waals surface area (Å²) in [6.07, 6.45) is 0. The Hall–Kier alpha value is -1.06. The molecule has 2 saturated heterocycles. The Bertz CT molecular complexity index is 503. The number of fused-ring (bicyclic) bond motifs is 1. The first-order valence-corrected chi connectivity index (χ1v) is 7.17. The van der Waals surface area contributed by atoms with Gasteiger partial charge < -0.3 is 9.80 Å². The second-order valence-corrected chi connectivity index (χ2v) is 6.27. The van der Waals surface area contributed by atoms with Gasteiger partial charge in [0, 0.05) is 26.2 Å². The van der Waals surface area contributed by atoms with Crippen LogP contribution in [0.5, 0.6) is 0 Å². The summed E-state index contributed by atoms with van der Waals surface area (Å²) < 4.78 is 0. The third kappa shape index (κ3) is 2.26. The fourth-order valence-electron chi connectivity index (χ4n) is 3.38. The summed E-state index contributed by atoms with van der Waals surface area (Å²) in [4.78, 5) is 16.9. The number of hydrogen-bond acceptors (Lipinski definition) is 2. The Kier molecular flexibility index (Phi) is 3.27. The highest BCUT2D eigenvalue weighted by Crippen LogP contribution is 2.32. The molecule has 102 valence electrons. The van der Waals surface area contributed by atoms with Gasteiger partial charge in [0.2, 0.25) is 0 Å². The van der Waals surface area contributed by atoms with Gasteiger partial charge in [-0.3, -0.25) is 4.79 Å². The topological polar surface area (TPSA) is 23.6 Å². The first kappa shape index (κ1) is 12.9. The van der Waals surface area contributed by atoms with Crippen LogP contribution >= 0.6 is 11.6 Å². The number of amides is 1. The second-order valence-electron chi connectivity index (χ2n) is 5.89. The zero-order valence-electron chi connectivity index (χ0n) is 11.4. The minimum Gasteiger partial charge on any atom is -0.338 e. The van der Waals surface area contributed by atoms with Crippen molar-refractivity contribution >= 4 is 17.5 Å². The predicted octanol–water partition coefficient (Wildman–Crippen LogP) is 2.28. The molecule has 1 aromatic carbocycles. The smallest absolute Gasteiger partial charge is 0.255 e. The molecule has 4 heteroatoms. The molecule has 1 amide bonds. The molecule has 0 aromatic heterocycles. The third-order valence-corrected chi connectivity index (χ3v) is 4.88. The van der Waals surface area contributed by atoms with Crippen molar-refractivity contribution in [3.05, 3.63) is 34.3 Å². The number of benzene rings is 1. The van der Waals surface area contributed by atoms with Crippen LogP contribution in [0.4, 0.5) is 0 Å². The van der Waals surface area contributed by atoms with Crippen LogP contribution in [0.2, 0.25) is 5.02 Å². The number of carbonyl (C=O) groups is 1. The molecule has 2 atom stereocenters. The van der Waals surface area contributed by atoms with E-state index in [0.29, 0.717) is 22.4 Å². The van der Waals surface area contributed by atoms with E-state index >= 15 is 0 Å². The average molecular weight is 279 g/mol. The van der Waals surface area contributed by atoms with Crippen LogP contribution in [0.1, 0.15) is 15.9 Å². The van der Waals surface area contributed by atoms with E-state index in [-0.39, 0.29) is 5.91 Å². The third-order valence-electron chi connectivity index (χ3n) is 4.38. The van der Waals surface area contributed by atoms with E-state index in [9.17, 15) is 4.79 Å². The van der Waals surface area contributed by atoms with Crippen LogP contribution in [-0.4, -0.2) is 48.9 Å². The fourth-order valence-corrected chi connectivity index (χ4v) is 3.58. The molecule has 0 bridgehead atoms. The maximum Gasteiger partial charge on any atom is 0.255 e. The molecular weight excluding hydrogens is 260 g/mol. The van der Waals surface area contributed by atoms with Crippen molar-refractivity contribution in [3.63, 3.8) is 0 Å². The maximum atomic E-state index is 12.6. The van der Waals surface area contributed by atoms with Gasteiger partial charge in [0.25, 0.3) is 5.91 Å². The van der Waals surface area contributed by atoms with Crippen LogP contribution in [0.25, 0.3) is 0 Å². The Balaban J connectivity index is 1.77. The molecule has 3 rings (SSSR count). The molecule has 1 aromatic rings. The van der Waals surface area contributed by atoms with Crippen molar-refractivity contribution in [1.29, 1.82) is 0 Å². The molecule has 0 N–H and O–H groups in total.